The van der Waals surface area contributed by atoms with Crippen molar-refractivity contribution in [2.45, 2.75) is 13.8 Å². The summed E-state index contributed by atoms with van der Waals surface area (Å²) in [4.78, 5) is 39.2. The molecule has 34 heavy (non-hydrogen) atoms. The van der Waals surface area contributed by atoms with E-state index in [0.717, 1.165) is 43.1 Å². The van der Waals surface area contributed by atoms with E-state index in [9.17, 15) is 9.59 Å². The Labute approximate surface area is 199 Å². The molecule has 1 aliphatic heterocycles. The highest BCUT2D eigenvalue weighted by Crippen LogP contribution is 2.23. The average Bonchev–Trinajstić information content (AvgIpc) is 2.85. The van der Waals surface area contributed by atoms with Gasteiger partial charge < -0.3 is 19.9 Å². The molecular formula is C26H29N5O3. The molecule has 4 rings (SSSR count). The minimum atomic E-state index is -0.623. The van der Waals surface area contributed by atoms with Crippen LogP contribution >= 0.6 is 0 Å². The topological polar surface area (TPSA) is 87.7 Å². The standard InChI is InChI=1S/C26H29N5O3/c1-4-34-25(33)22-17-27-26(29-23(22)24(32)21-8-6-5-7-18(21)2)28-19-9-11-20(12-10-19)31-15-13-30(3)14-16-31/h5-12,17H,4,13-16H2,1-3H3,(H,27,28,29). The highest BCUT2D eigenvalue weighted by atomic mass is 16.5. The van der Waals surface area contributed by atoms with Gasteiger partial charge in [0.15, 0.2) is 0 Å². The van der Waals surface area contributed by atoms with Gasteiger partial charge in [-0.25, -0.2) is 14.8 Å². The summed E-state index contributed by atoms with van der Waals surface area (Å²) in [6, 6.07) is 15.2. The minimum Gasteiger partial charge on any atom is -0.462 e. The summed E-state index contributed by atoms with van der Waals surface area (Å²) in [5.74, 6) is -0.739. The van der Waals surface area contributed by atoms with Crippen LogP contribution in [0.4, 0.5) is 17.3 Å². The zero-order chi connectivity index (χ0) is 24.1. The van der Waals surface area contributed by atoms with Crippen molar-refractivity contribution in [3.63, 3.8) is 0 Å². The molecule has 0 amide bonds. The number of nitrogens with zero attached hydrogens (tertiary/aromatic N) is 4. The first-order chi connectivity index (χ1) is 16.5. The lowest BCUT2D eigenvalue weighted by atomic mass is 10.0. The Kier molecular flexibility index (Phi) is 7.18. The fourth-order valence-corrected chi connectivity index (χ4v) is 3.88. The van der Waals surface area contributed by atoms with Gasteiger partial charge in [0.1, 0.15) is 11.3 Å². The van der Waals surface area contributed by atoms with Gasteiger partial charge in [-0.05, 0) is 50.7 Å². The van der Waals surface area contributed by atoms with E-state index in [0.29, 0.717) is 5.56 Å². The zero-order valence-electron chi connectivity index (χ0n) is 19.7. The van der Waals surface area contributed by atoms with Crippen LogP contribution in [-0.4, -0.2) is 66.5 Å². The van der Waals surface area contributed by atoms with Crippen LogP contribution in [0.5, 0.6) is 0 Å². The number of esters is 1. The molecule has 0 aliphatic carbocycles. The predicted octanol–water partition coefficient (Wildman–Crippen LogP) is 3.69. The predicted molar refractivity (Wildman–Crippen MR) is 132 cm³/mol. The third-order valence-corrected chi connectivity index (χ3v) is 5.88. The number of anilines is 3. The number of aryl methyl sites for hydroxylation is 1. The van der Waals surface area contributed by atoms with Crippen LogP contribution in [0.25, 0.3) is 0 Å². The SMILES string of the molecule is CCOC(=O)c1cnc(Nc2ccc(N3CCN(C)CC3)cc2)nc1C(=O)c1ccccc1C. The number of benzene rings is 2. The first-order valence-corrected chi connectivity index (χ1v) is 11.4. The normalized spacial score (nSPS) is 14.0. The number of carbonyl (C=O) groups excluding carboxylic acids is 2. The lowest BCUT2D eigenvalue weighted by Crippen LogP contribution is -2.44. The van der Waals surface area contributed by atoms with E-state index in [2.05, 4.69) is 44.3 Å². The van der Waals surface area contributed by atoms with Gasteiger partial charge in [0.25, 0.3) is 0 Å². The molecule has 2 heterocycles. The molecule has 0 bridgehead atoms. The van der Waals surface area contributed by atoms with Crippen molar-refractivity contribution in [1.82, 2.24) is 14.9 Å². The summed E-state index contributed by atoms with van der Waals surface area (Å²) >= 11 is 0. The van der Waals surface area contributed by atoms with Crippen LogP contribution in [0, 0.1) is 6.92 Å². The molecule has 8 nitrogen and oxygen atoms in total. The molecule has 8 heteroatoms. The van der Waals surface area contributed by atoms with Crippen molar-refractivity contribution < 1.29 is 14.3 Å². The summed E-state index contributed by atoms with van der Waals surface area (Å²) in [5.41, 5.74) is 3.29. The van der Waals surface area contributed by atoms with Gasteiger partial charge in [0.05, 0.1) is 6.61 Å². The van der Waals surface area contributed by atoms with E-state index in [1.165, 1.54) is 6.20 Å². The summed E-state index contributed by atoms with van der Waals surface area (Å²) < 4.78 is 5.12. The second kappa shape index (κ2) is 10.4. The lowest BCUT2D eigenvalue weighted by molar-refractivity contribution is 0.0522. The maximum atomic E-state index is 13.3. The van der Waals surface area contributed by atoms with Crippen LogP contribution in [0.3, 0.4) is 0 Å². The maximum absolute atomic E-state index is 13.3. The van der Waals surface area contributed by atoms with Crippen LogP contribution < -0.4 is 10.2 Å². The number of rotatable bonds is 7. The summed E-state index contributed by atoms with van der Waals surface area (Å²) in [6.07, 6.45) is 1.34. The third-order valence-electron chi connectivity index (χ3n) is 5.88. The van der Waals surface area contributed by atoms with Crippen molar-refractivity contribution in [1.29, 1.82) is 0 Å². The van der Waals surface area contributed by atoms with Gasteiger partial charge in [0, 0.05) is 49.3 Å². The van der Waals surface area contributed by atoms with Crippen molar-refractivity contribution in [2.75, 3.05) is 50.1 Å². The summed E-state index contributed by atoms with van der Waals surface area (Å²) in [6.45, 7) is 7.81. The van der Waals surface area contributed by atoms with E-state index >= 15 is 0 Å². The molecule has 2 aromatic carbocycles. The first-order valence-electron chi connectivity index (χ1n) is 11.4. The Morgan fingerprint density at radius 3 is 2.38 bits per heavy atom. The van der Waals surface area contributed by atoms with E-state index in [1.807, 2.05) is 31.2 Å². The van der Waals surface area contributed by atoms with Crippen LogP contribution in [0.15, 0.2) is 54.7 Å². The lowest BCUT2D eigenvalue weighted by Gasteiger charge is -2.34. The fourth-order valence-electron chi connectivity index (χ4n) is 3.88. The van der Waals surface area contributed by atoms with Crippen LogP contribution in [0.2, 0.25) is 0 Å². The molecule has 176 valence electrons. The number of hydrogen-bond acceptors (Lipinski definition) is 8. The van der Waals surface area contributed by atoms with Gasteiger partial charge in [-0.2, -0.15) is 0 Å². The average molecular weight is 460 g/mol. The van der Waals surface area contributed by atoms with E-state index in [4.69, 9.17) is 4.74 Å². The molecule has 1 saturated heterocycles. The Morgan fingerprint density at radius 1 is 1.00 bits per heavy atom. The molecule has 1 N–H and O–H groups in total. The van der Waals surface area contributed by atoms with Crippen LogP contribution in [-0.2, 0) is 4.74 Å². The second-order valence-electron chi connectivity index (χ2n) is 8.28. The molecule has 1 aliphatic rings. The number of carbonyl (C=O) groups is 2. The largest absolute Gasteiger partial charge is 0.462 e. The molecule has 0 unspecified atom stereocenters. The van der Waals surface area contributed by atoms with E-state index in [-0.39, 0.29) is 29.6 Å². The molecule has 0 radical (unpaired) electrons. The Balaban J connectivity index is 1.59. The van der Waals surface area contributed by atoms with Crippen molar-refractivity contribution >= 4 is 29.1 Å². The van der Waals surface area contributed by atoms with Gasteiger partial charge >= 0.3 is 5.97 Å². The van der Waals surface area contributed by atoms with Crippen molar-refractivity contribution in [2.24, 2.45) is 0 Å². The number of likely N-dealkylation sites (N-methyl/N-ethyl adjacent to an activating group) is 1. The minimum absolute atomic E-state index is 0.0132. The smallest absolute Gasteiger partial charge is 0.342 e. The maximum Gasteiger partial charge on any atom is 0.342 e. The molecule has 1 fully saturated rings. The number of nitrogens with one attached hydrogen (secondary N) is 1. The highest BCUT2D eigenvalue weighted by molar-refractivity contribution is 6.13. The number of ether oxygens (including phenoxy) is 1. The summed E-state index contributed by atoms with van der Waals surface area (Å²) in [5, 5.41) is 3.15. The number of ketones is 1. The second-order valence-corrected chi connectivity index (χ2v) is 8.28. The molecule has 0 spiro atoms. The van der Waals surface area contributed by atoms with Gasteiger partial charge in [-0.3, -0.25) is 4.79 Å². The quantitative estimate of drug-likeness (QED) is 0.423. The summed E-state index contributed by atoms with van der Waals surface area (Å²) in [7, 11) is 2.13. The molecule has 0 saturated carbocycles. The highest BCUT2D eigenvalue weighted by Gasteiger charge is 2.24. The van der Waals surface area contributed by atoms with E-state index < -0.39 is 5.97 Å². The Bertz CT molecular complexity index is 1170. The van der Waals surface area contributed by atoms with Crippen LogP contribution in [0.1, 0.15) is 38.9 Å². The fraction of sp³-hybridized carbons (Fsp3) is 0.308. The molecule has 1 aromatic heterocycles. The number of piperazine rings is 1. The van der Waals surface area contributed by atoms with E-state index in [1.54, 1.807) is 19.1 Å². The van der Waals surface area contributed by atoms with Gasteiger partial charge in [0.2, 0.25) is 11.7 Å². The van der Waals surface area contributed by atoms with Crippen molar-refractivity contribution in [3.05, 3.63) is 77.1 Å². The Morgan fingerprint density at radius 2 is 1.71 bits per heavy atom. The van der Waals surface area contributed by atoms with Gasteiger partial charge in [-0.1, -0.05) is 24.3 Å². The molecule has 0 atom stereocenters. The first kappa shape index (κ1) is 23.4. The molecular weight excluding hydrogens is 430 g/mol. The zero-order valence-corrected chi connectivity index (χ0v) is 19.7. The monoisotopic (exact) mass is 459 g/mol. The molecule has 3 aromatic rings. The third kappa shape index (κ3) is 5.23. The number of aromatic nitrogens is 2. The Hall–Kier alpha value is -3.78. The number of hydrogen-bond donors (Lipinski definition) is 1. The van der Waals surface area contributed by atoms with Crippen molar-refractivity contribution in [3.8, 4) is 0 Å². The van der Waals surface area contributed by atoms with Gasteiger partial charge in [-0.15, -0.1) is 0 Å².